The van der Waals surface area contributed by atoms with Gasteiger partial charge in [0.25, 0.3) is 5.91 Å². The monoisotopic (exact) mass is 306 g/mol. The smallest absolute Gasteiger partial charge is 0.268 e. The molecule has 0 N–H and O–H groups in total. The van der Waals surface area contributed by atoms with Gasteiger partial charge < -0.3 is 4.57 Å². The summed E-state index contributed by atoms with van der Waals surface area (Å²) >= 11 is 0. The van der Waals surface area contributed by atoms with Gasteiger partial charge in [-0.05, 0) is 36.6 Å². The Hall–Kier alpha value is -2.62. The summed E-state index contributed by atoms with van der Waals surface area (Å²) in [6.07, 6.45) is 2.72. The first-order chi connectivity index (χ1) is 11.1. The molecule has 0 fully saturated rings. The molecule has 0 radical (unpaired) electrons. The summed E-state index contributed by atoms with van der Waals surface area (Å²) in [5.74, 6) is 0.335. The molecule has 0 amide bonds. The van der Waals surface area contributed by atoms with Crippen LogP contribution in [0.4, 0.5) is 0 Å². The number of aromatic nitrogens is 2. The number of nitrogens with zero attached hydrogens (tertiary/aromatic N) is 2. The maximum atomic E-state index is 12.8. The van der Waals surface area contributed by atoms with Gasteiger partial charge in [0.2, 0.25) is 5.43 Å². The minimum Gasteiger partial charge on any atom is -0.338 e. The first-order valence-corrected chi connectivity index (χ1v) is 7.97. The Bertz CT molecular complexity index is 992. The van der Waals surface area contributed by atoms with E-state index >= 15 is 0 Å². The van der Waals surface area contributed by atoms with Gasteiger partial charge in [0, 0.05) is 18.1 Å². The highest BCUT2D eigenvalue weighted by atomic mass is 16.2. The average molecular weight is 306 g/mol. The third-order valence-electron chi connectivity index (χ3n) is 4.53. The van der Waals surface area contributed by atoms with Crippen molar-refractivity contribution < 1.29 is 4.79 Å². The fourth-order valence-electron chi connectivity index (χ4n) is 3.35. The summed E-state index contributed by atoms with van der Waals surface area (Å²) in [6.45, 7) is 5.15. The lowest BCUT2D eigenvalue weighted by atomic mass is 10.1. The molecule has 0 saturated carbocycles. The number of hydrogen-bond donors (Lipinski definition) is 0. The molecule has 4 rings (SSSR count). The molecule has 1 aliphatic rings. The van der Waals surface area contributed by atoms with Gasteiger partial charge >= 0.3 is 0 Å². The molecule has 3 heterocycles. The van der Waals surface area contributed by atoms with E-state index in [-0.39, 0.29) is 11.3 Å². The van der Waals surface area contributed by atoms with E-state index < -0.39 is 0 Å². The van der Waals surface area contributed by atoms with E-state index in [0.29, 0.717) is 16.9 Å². The van der Waals surface area contributed by atoms with Crippen LogP contribution in [-0.2, 0) is 6.54 Å². The Morgan fingerprint density at radius 2 is 1.83 bits per heavy atom. The highest BCUT2D eigenvalue weighted by Gasteiger charge is 2.32. The first-order valence-electron chi connectivity index (χ1n) is 7.97. The predicted molar refractivity (Wildman–Crippen MR) is 90.8 cm³/mol. The van der Waals surface area contributed by atoms with Gasteiger partial charge in [-0.15, -0.1) is 0 Å². The molecule has 0 aliphatic carbocycles. The van der Waals surface area contributed by atoms with E-state index in [2.05, 4.69) is 18.4 Å². The number of aryl methyl sites for hydroxylation is 1. The van der Waals surface area contributed by atoms with Crippen molar-refractivity contribution in [2.24, 2.45) is 5.92 Å². The zero-order chi connectivity index (χ0) is 16.1. The number of rotatable bonds is 3. The van der Waals surface area contributed by atoms with E-state index in [1.54, 1.807) is 10.8 Å². The molecular weight excluding hydrogens is 288 g/mol. The van der Waals surface area contributed by atoms with E-state index in [1.807, 2.05) is 36.4 Å². The Morgan fingerprint density at radius 3 is 2.61 bits per heavy atom. The summed E-state index contributed by atoms with van der Waals surface area (Å²) in [6, 6.07) is 11.3. The summed E-state index contributed by atoms with van der Waals surface area (Å²) in [5.41, 5.74) is 2.63. The summed E-state index contributed by atoms with van der Waals surface area (Å²) < 4.78 is 3.72. The van der Waals surface area contributed by atoms with Gasteiger partial charge in [0.15, 0.2) is 0 Å². The first kappa shape index (κ1) is 14.0. The molecule has 1 aromatic carbocycles. The molecule has 116 valence electrons. The van der Waals surface area contributed by atoms with Crippen LogP contribution in [0.5, 0.6) is 0 Å². The van der Waals surface area contributed by atoms with E-state index in [4.69, 9.17) is 0 Å². The molecule has 23 heavy (non-hydrogen) atoms. The molecule has 4 nitrogen and oxygen atoms in total. The Morgan fingerprint density at radius 1 is 1.04 bits per heavy atom. The highest BCUT2D eigenvalue weighted by Crippen LogP contribution is 2.33. The van der Waals surface area contributed by atoms with Crippen LogP contribution in [0.2, 0.25) is 0 Å². The zero-order valence-corrected chi connectivity index (χ0v) is 13.2. The van der Waals surface area contributed by atoms with Crippen LogP contribution in [0, 0.1) is 5.92 Å². The molecule has 0 saturated heterocycles. The van der Waals surface area contributed by atoms with Crippen molar-refractivity contribution in [3.05, 3.63) is 58.4 Å². The van der Waals surface area contributed by atoms with E-state index in [9.17, 15) is 9.59 Å². The second-order valence-electron chi connectivity index (χ2n) is 6.47. The van der Waals surface area contributed by atoms with Crippen molar-refractivity contribution in [1.82, 2.24) is 9.13 Å². The summed E-state index contributed by atoms with van der Waals surface area (Å²) in [4.78, 5) is 25.5. The standard InChI is InChI=1S/C19H18N2O2/c1-12(2)9-11-20-14-7-4-3-6-13(14)18(22)16-17(20)15-8-5-10-21(15)19(16)23/h3-8,10,12H,9,11H2,1-2H3. The summed E-state index contributed by atoms with van der Waals surface area (Å²) in [5, 5.41) is 0.620. The molecule has 0 atom stereocenters. The molecular formula is C19H18N2O2. The SMILES string of the molecule is CC(C)CCn1c2c(c(=O)c3ccccc31)C(=O)n1cccc1-2. The van der Waals surface area contributed by atoms with Crippen molar-refractivity contribution in [2.45, 2.75) is 26.8 Å². The van der Waals surface area contributed by atoms with E-state index in [1.165, 1.54) is 0 Å². The third kappa shape index (κ3) is 1.91. The maximum absolute atomic E-state index is 12.8. The van der Waals surface area contributed by atoms with Crippen LogP contribution in [0.1, 0.15) is 30.6 Å². The quantitative estimate of drug-likeness (QED) is 0.581. The number of carbonyl (C=O) groups excluding carboxylic acids is 1. The van der Waals surface area contributed by atoms with Gasteiger partial charge in [-0.3, -0.25) is 14.2 Å². The number of hydrogen-bond acceptors (Lipinski definition) is 2. The Labute approximate surface area is 134 Å². The Kier molecular flexibility index (Phi) is 3.01. The normalized spacial score (nSPS) is 12.9. The average Bonchev–Trinajstić information content (AvgIpc) is 3.11. The van der Waals surface area contributed by atoms with Crippen LogP contribution in [0.3, 0.4) is 0 Å². The van der Waals surface area contributed by atoms with Gasteiger partial charge in [0.05, 0.1) is 16.9 Å². The number of benzene rings is 1. The molecule has 4 heteroatoms. The van der Waals surface area contributed by atoms with E-state index in [0.717, 1.165) is 29.9 Å². The molecule has 1 aliphatic heterocycles. The van der Waals surface area contributed by atoms with Crippen LogP contribution >= 0.6 is 0 Å². The highest BCUT2D eigenvalue weighted by molar-refractivity contribution is 6.10. The second-order valence-corrected chi connectivity index (χ2v) is 6.47. The fraction of sp³-hybridized carbons (Fsp3) is 0.263. The summed E-state index contributed by atoms with van der Waals surface area (Å²) in [7, 11) is 0. The van der Waals surface area contributed by atoms with Gasteiger partial charge in [-0.2, -0.15) is 0 Å². The number of pyridine rings is 1. The predicted octanol–water partition coefficient (Wildman–Crippen LogP) is 3.52. The van der Waals surface area contributed by atoms with Gasteiger partial charge in [-0.1, -0.05) is 26.0 Å². The minimum absolute atomic E-state index is 0.162. The number of carbonyl (C=O) groups is 1. The minimum atomic E-state index is -0.214. The van der Waals surface area contributed by atoms with Crippen molar-refractivity contribution >= 4 is 16.8 Å². The van der Waals surface area contributed by atoms with Crippen molar-refractivity contribution in [3.8, 4) is 11.4 Å². The molecule has 3 aromatic rings. The molecule has 0 unspecified atom stereocenters. The lowest BCUT2D eigenvalue weighted by Gasteiger charge is -2.17. The third-order valence-corrected chi connectivity index (χ3v) is 4.53. The van der Waals surface area contributed by atoms with Crippen molar-refractivity contribution in [3.63, 3.8) is 0 Å². The van der Waals surface area contributed by atoms with Crippen LogP contribution in [-0.4, -0.2) is 15.0 Å². The lowest BCUT2D eigenvalue weighted by molar-refractivity contribution is 0.0968. The van der Waals surface area contributed by atoms with Crippen molar-refractivity contribution in [2.75, 3.05) is 0 Å². The van der Waals surface area contributed by atoms with Gasteiger partial charge in [-0.25, -0.2) is 0 Å². The molecule has 0 spiro atoms. The number of fused-ring (bicyclic) bond motifs is 4. The zero-order valence-electron chi connectivity index (χ0n) is 13.2. The largest absolute Gasteiger partial charge is 0.338 e. The molecule has 2 aromatic heterocycles. The number of para-hydroxylation sites is 1. The van der Waals surface area contributed by atoms with Crippen LogP contribution < -0.4 is 5.43 Å². The lowest BCUT2D eigenvalue weighted by Crippen LogP contribution is -2.20. The fourth-order valence-corrected chi connectivity index (χ4v) is 3.35. The van der Waals surface area contributed by atoms with Crippen molar-refractivity contribution in [1.29, 1.82) is 0 Å². The second kappa shape index (κ2) is 4.95. The topological polar surface area (TPSA) is 44.0 Å². The van der Waals surface area contributed by atoms with Gasteiger partial charge in [0.1, 0.15) is 5.56 Å². The Balaban J connectivity index is 2.11. The van der Waals surface area contributed by atoms with Crippen LogP contribution in [0.15, 0.2) is 47.4 Å². The maximum Gasteiger partial charge on any atom is 0.268 e. The van der Waals surface area contributed by atoms with Crippen LogP contribution in [0.25, 0.3) is 22.3 Å². The molecule has 0 bridgehead atoms.